The molecule has 1 aliphatic rings. The van der Waals surface area contributed by atoms with Crippen LogP contribution in [0.1, 0.15) is 324 Å². The summed E-state index contributed by atoms with van der Waals surface area (Å²) >= 11 is 0. The monoisotopic (exact) mass is 1020 g/mol. The zero-order valence-corrected chi connectivity index (χ0v) is 49.2. The van der Waals surface area contributed by atoms with E-state index in [1.165, 1.54) is 193 Å². The van der Waals surface area contributed by atoms with Crippen LogP contribution in [0.15, 0.2) is 0 Å². The largest absolute Gasteiger partial charge is 0.392 e. The van der Waals surface area contributed by atoms with E-state index in [1.54, 1.807) is 0 Å². The quantitative estimate of drug-likeness (QED) is 0.0233. The first-order chi connectivity index (χ1) is 35.2. The number of hydrogen-bond donors (Lipinski definition) is 5. The highest BCUT2D eigenvalue weighted by Gasteiger charge is 2.41. The van der Waals surface area contributed by atoms with E-state index in [0.717, 1.165) is 96.1 Å². The molecule has 1 rings (SSSR count). The highest BCUT2D eigenvalue weighted by molar-refractivity contribution is 5.76. The van der Waals surface area contributed by atoms with E-state index in [2.05, 4.69) is 54.1 Å². The minimum absolute atomic E-state index is 0.357. The third-order valence-corrected chi connectivity index (χ3v) is 15.8. The van der Waals surface area contributed by atoms with Crippen molar-refractivity contribution in [2.24, 2.45) is 0 Å². The van der Waals surface area contributed by atoms with Crippen LogP contribution in [0.2, 0.25) is 0 Å². The van der Waals surface area contributed by atoms with Gasteiger partial charge in [-0.1, -0.05) is 291 Å². The van der Waals surface area contributed by atoms with Crippen molar-refractivity contribution in [1.29, 1.82) is 0 Å². The first-order valence-electron chi connectivity index (χ1n) is 32.5. The van der Waals surface area contributed by atoms with Crippen LogP contribution in [0.25, 0.3) is 0 Å². The van der Waals surface area contributed by atoms with Crippen LogP contribution >= 0.6 is 0 Å². The van der Waals surface area contributed by atoms with Gasteiger partial charge in [-0.25, -0.2) is 0 Å². The Hall–Kier alpha value is -0.970. The Morgan fingerprint density at radius 2 is 0.611 bits per heavy atom. The van der Waals surface area contributed by atoms with Gasteiger partial charge in [-0.05, 0) is 32.1 Å². The molecule has 5 N–H and O–H groups in total. The number of rotatable bonds is 56. The van der Waals surface area contributed by atoms with E-state index in [-0.39, 0.29) is 0 Å². The standard InChI is InChI=1S/C63H129N4O5/c1-6-11-16-21-26-31-36-41-46-58(68)53-64-51-52-65(54-59(69)47-42-37-32-27-22-17-12-7-2)63(64)67(57-62(72)50-45-40-35-30-25-20-15-10-5)66(55-60(70)48-43-38-33-28-23-18-13-8-3)56-61(71)49-44-39-34-29-24-19-14-9-4/h58-62,68-72H,6-57H2,1-5H3/q+1. The van der Waals surface area contributed by atoms with Crippen molar-refractivity contribution in [3.63, 3.8) is 0 Å². The lowest BCUT2D eigenvalue weighted by atomic mass is 10.0. The van der Waals surface area contributed by atoms with E-state index in [4.69, 9.17) is 0 Å². The van der Waals surface area contributed by atoms with E-state index in [1.807, 2.05) is 0 Å². The van der Waals surface area contributed by atoms with Crippen molar-refractivity contribution in [2.75, 3.05) is 45.8 Å². The zero-order valence-electron chi connectivity index (χ0n) is 49.2. The summed E-state index contributed by atoms with van der Waals surface area (Å²) in [5, 5.41) is 63.9. The molecular weight excluding hydrogens is 893 g/mol. The minimum Gasteiger partial charge on any atom is -0.392 e. The number of aliphatic hydroxyl groups excluding tert-OH is 5. The average molecular weight is 1020 g/mol. The molecule has 0 radical (unpaired) electrons. The maximum atomic E-state index is 12.1. The van der Waals surface area contributed by atoms with Gasteiger partial charge in [0.15, 0.2) is 0 Å². The van der Waals surface area contributed by atoms with Gasteiger partial charge in [-0.15, -0.1) is 0 Å². The maximum Gasteiger partial charge on any atom is 0.368 e. The van der Waals surface area contributed by atoms with Gasteiger partial charge in [0, 0.05) is 0 Å². The second kappa shape index (κ2) is 50.8. The Kier molecular flexibility index (Phi) is 48.7. The molecule has 0 spiro atoms. The Labute approximate surface area is 449 Å². The molecule has 0 aromatic carbocycles. The molecule has 0 aromatic heterocycles. The number of aliphatic hydroxyl groups is 5. The molecular formula is C63H129N4O5+. The van der Waals surface area contributed by atoms with Gasteiger partial charge in [-0.3, -0.25) is 9.48 Å². The average Bonchev–Trinajstić information content (AvgIpc) is 3.74. The molecule has 430 valence electrons. The summed E-state index contributed by atoms with van der Waals surface area (Å²) in [6.07, 6.45) is 50.0. The van der Waals surface area contributed by atoms with Crippen LogP contribution < -0.4 is 0 Å². The highest BCUT2D eigenvalue weighted by atomic mass is 16.3. The van der Waals surface area contributed by atoms with Gasteiger partial charge in [0.2, 0.25) is 0 Å². The van der Waals surface area contributed by atoms with Crippen molar-refractivity contribution in [2.45, 2.75) is 354 Å². The Morgan fingerprint density at radius 1 is 0.347 bits per heavy atom. The number of β-amino-alcohol motifs (C(OH)–C–C–N with tert-alkyl or cyclic N) is 2. The van der Waals surface area contributed by atoms with Crippen LogP contribution in [0, 0.1) is 0 Å². The van der Waals surface area contributed by atoms with Crippen molar-refractivity contribution in [1.82, 2.24) is 14.9 Å². The number of guanidine groups is 1. The SMILES string of the molecule is CCCCCCCCCCC(O)CN1CC[N+](CC(O)CCCCCCCCCC)=C1N(CC(O)CCCCCCCCCC)N(CC(O)CCCCCCCCCC)CC(O)CCCCCCCCCC. The van der Waals surface area contributed by atoms with Gasteiger partial charge in [0.1, 0.15) is 6.54 Å². The Bertz CT molecular complexity index is 1130. The van der Waals surface area contributed by atoms with Crippen molar-refractivity contribution in [3.8, 4) is 0 Å². The van der Waals surface area contributed by atoms with E-state index >= 15 is 0 Å². The molecule has 5 atom stereocenters. The minimum atomic E-state index is -0.594. The fraction of sp³-hybridized carbons (Fsp3) is 0.984. The zero-order chi connectivity index (χ0) is 52.5. The summed E-state index contributed by atoms with van der Waals surface area (Å²) < 4.78 is 2.32. The van der Waals surface area contributed by atoms with Crippen molar-refractivity contribution in [3.05, 3.63) is 0 Å². The third-order valence-electron chi connectivity index (χ3n) is 15.8. The van der Waals surface area contributed by atoms with Crippen LogP contribution in [-0.4, -0.2) is 127 Å². The Balaban J connectivity index is 3.50. The van der Waals surface area contributed by atoms with E-state index in [0.29, 0.717) is 52.0 Å². The van der Waals surface area contributed by atoms with E-state index < -0.39 is 30.5 Å². The first-order valence-corrected chi connectivity index (χ1v) is 32.5. The molecule has 5 unspecified atom stereocenters. The fourth-order valence-corrected chi connectivity index (χ4v) is 11.1. The second-order valence-corrected chi connectivity index (χ2v) is 23.2. The molecule has 0 aromatic rings. The van der Waals surface area contributed by atoms with Crippen LogP contribution in [0.4, 0.5) is 0 Å². The lowest BCUT2D eigenvalue weighted by Gasteiger charge is -2.37. The molecule has 0 fully saturated rings. The molecule has 0 amide bonds. The van der Waals surface area contributed by atoms with Gasteiger partial charge in [-0.2, -0.15) is 10.0 Å². The highest BCUT2D eigenvalue weighted by Crippen LogP contribution is 2.22. The summed E-state index contributed by atoms with van der Waals surface area (Å²) in [5.74, 6) is 0.925. The van der Waals surface area contributed by atoms with Gasteiger partial charge in [0.25, 0.3) is 0 Å². The lowest BCUT2D eigenvalue weighted by Crippen LogP contribution is -2.59. The molecule has 0 bridgehead atoms. The molecule has 1 heterocycles. The van der Waals surface area contributed by atoms with Crippen molar-refractivity contribution >= 4 is 5.96 Å². The normalized spacial score (nSPS) is 15.3. The summed E-state index contributed by atoms with van der Waals surface area (Å²) in [5.41, 5.74) is 0. The van der Waals surface area contributed by atoms with Crippen LogP contribution in [0.5, 0.6) is 0 Å². The lowest BCUT2D eigenvalue weighted by molar-refractivity contribution is -0.533. The van der Waals surface area contributed by atoms with Crippen LogP contribution in [-0.2, 0) is 0 Å². The topological polar surface area (TPSA) is 114 Å². The maximum absolute atomic E-state index is 12.1. The van der Waals surface area contributed by atoms with Gasteiger partial charge in [0.05, 0.1) is 69.8 Å². The van der Waals surface area contributed by atoms with Crippen LogP contribution in [0.3, 0.4) is 0 Å². The smallest absolute Gasteiger partial charge is 0.368 e. The molecule has 0 saturated carbocycles. The molecule has 9 nitrogen and oxygen atoms in total. The molecule has 0 aliphatic carbocycles. The molecule has 1 aliphatic heterocycles. The van der Waals surface area contributed by atoms with Gasteiger partial charge >= 0.3 is 5.96 Å². The summed E-state index contributed by atoms with van der Waals surface area (Å²) in [4.78, 5) is 2.32. The first kappa shape index (κ1) is 69.0. The predicted octanol–water partition coefficient (Wildman–Crippen LogP) is 15.6. The summed E-state index contributed by atoms with van der Waals surface area (Å²) in [7, 11) is 0. The fourth-order valence-electron chi connectivity index (χ4n) is 11.1. The number of hydrazine groups is 1. The summed E-state index contributed by atoms with van der Waals surface area (Å²) in [6.45, 7) is 14.9. The van der Waals surface area contributed by atoms with E-state index in [9.17, 15) is 25.5 Å². The Morgan fingerprint density at radius 3 is 0.931 bits per heavy atom. The molecule has 9 heteroatoms. The van der Waals surface area contributed by atoms with Gasteiger partial charge < -0.3 is 25.5 Å². The number of nitrogens with zero attached hydrogens (tertiary/aromatic N) is 4. The number of hydrogen-bond acceptors (Lipinski definition) is 8. The number of unbranched alkanes of at least 4 members (excludes halogenated alkanes) is 35. The summed E-state index contributed by atoms with van der Waals surface area (Å²) in [6, 6.07) is 0. The third kappa shape index (κ3) is 39.4. The van der Waals surface area contributed by atoms with Crippen molar-refractivity contribution < 1.29 is 30.1 Å². The molecule has 0 saturated heterocycles. The predicted molar refractivity (Wildman–Crippen MR) is 311 cm³/mol. The molecule has 72 heavy (non-hydrogen) atoms. The second-order valence-electron chi connectivity index (χ2n) is 23.2.